The summed E-state index contributed by atoms with van der Waals surface area (Å²) in [7, 11) is -4.02. The highest BCUT2D eigenvalue weighted by atomic mass is 32.2. The van der Waals surface area contributed by atoms with Crippen LogP contribution in [0.15, 0.2) is 29.8 Å². The van der Waals surface area contributed by atoms with Gasteiger partial charge in [0.1, 0.15) is 5.75 Å². The third-order valence-corrected chi connectivity index (χ3v) is 8.20. The summed E-state index contributed by atoms with van der Waals surface area (Å²) in [5, 5.41) is 5.01. The summed E-state index contributed by atoms with van der Waals surface area (Å²) < 4.78 is 27.4. The second-order valence-corrected chi connectivity index (χ2v) is 10.3. The van der Waals surface area contributed by atoms with Gasteiger partial charge in [-0.3, -0.25) is 4.79 Å². The van der Waals surface area contributed by atoms with Gasteiger partial charge in [0, 0.05) is 24.1 Å². The highest BCUT2D eigenvalue weighted by Crippen LogP contribution is 2.61. The van der Waals surface area contributed by atoms with Crippen molar-refractivity contribution in [2.24, 2.45) is 22.4 Å². The minimum Gasteiger partial charge on any atom is -0.371 e. The van der Waals surface area contributed by atoms with Crippen molar-refractivity contribution in [1.82, 2.24) is 4.90 Å². The molecule has 4 atom stereocenters. The molecule has 0 aromatic heterocycles. The van der Waals surface area contributed by atoms with E-state index in [1.54, 1.807) is 6.07 Å². The Morgan fingerprint density at radius 2 is 2.00 bits per heavy atom. The molecule has 0 bridgehead atoms. The standard InChI is InChI=1S/C23H32N2O4S/c1-4-25(5-2)22(26)21-11-10-20-19-8-6-15-14-16(29-30(24,27)28)7-9-17(15)18(19)12-13-23(20,21)3/h7,9,11,14,18-20H,4-6,8,10,12-13H2,1-3H3,(H2,24,27,28)/t18-,19-,20+,23+/m1/s1. The molecule has 30 heavy (non-hydrogen) atoms. The van der Waals surface area contributed by atoms with Crippen LogP contribution >= 0.6 is 0 Å². The monoisotopic (exact) mass is 432 g/mol. The first-order valence-corrected chi connectivity index (χ1v) is 12.5. The summed E-state index contributed by atoms with van der Waals surface area (Å²) in [5.74, 6) is 1.97. The second kappa shape index (κ2) is 7.68. The quantitative estimate of drug-likeness (QED) is 0.771. The summed E-state index contributed by atoms with van der Waals surface area (Å²) in [6.07, 6.45) is 7.19. The van der Waals surface area contributed by atoms with Crippen LogP contribution in [0.25, 0.3) is 0 Å². The van der Waals surface area contributed by atoms with Crippen LogP contribution in [-0.4, -0.2) is 32.3 Å². The van der Waals surface area contributed by atoms with Crippen LogP contribution in [0.3, 0.4) is 0 Å². The lowest BCUT2D eigenvalue weighted by Gasteiger charge is -2.50. The van der Waals surface area contributed by atoms with E-state index in [9.17, 15) is 13.2 Å². The first-order valence-electron chi connectivity index (χ1n) is 11.0. The maximum absolute atomic E-state index is 13.2. The number of aryl methyl sites for hydroxylation is 1. The van der Waals surface area contributed by atoms with Crippen molar-refractivity contribution >= 4 is 16.2 Å². The first-order chi connectivity index (χ1) is 14.2. The van der Waals surface area contributed by atoms with E-state index in [0.29, 0.717) is 17.8 Å². The lowest BCUT2D eigenvalue weighted by molar-refractivity contribution is -0.128. The molecule has 7 heteroatoms. The van der Waals surface area contributed by atoms with Crippen molar-refractivity contribution < 1.29 is 17.4 Å². The third-order valence-electron chi connectivity index (χ3n) is 7.77. The largest absolute Gasteiger partial charge is 0.380 e. The van der Waals surface area contributed by atoms with Gasteiger partial charge in [-0.2, -0.15) is 13.6 Å². The SMILES string of the molecule is CCN(CC)C(=O)C1=CC[C@H]2[C@@H]3CCc4cc(OS(N)(=O)=O)ccc4[C@H]3CC[C@]12C. The van der Waals surface area contributed by atoms with E-state index in [4.69, 9.17) is 9.32 Å². The van der Waals surface area contributed by atoms with Crippen molar-refractivity contribution in [2.45, 2.75) is 58.8 Å². The number of benzene rings is 1. The van der Waals surface area contributed by atoms with Gasteiger partial charge in [-0.25, -0.2) is 0 Å². The van der Waals surface area contributed by atoms with Crippen molar-refractivity contribution in [3.63, 3.8) is 0 Å². The predicted octanol–water partition coefficient (Wildman–Crippen LogP) is 3.53. The molecule has 0 saturated heterocycles. The lowest BCUT2D eigenvalue weighted by atomic mass is 9.54. The number of nitrogens with zero attached hydrogens (tertiary/aromatic N) is 1. The number of amides is 1. The minimum atomic E-state index is -4.02. The zero-order chi connectivity index (χ0) is 21.7. The summed E-state index contributed by atoms with van der Waals surface area (Å²) in [6, 6.07) is 5.55. The molecule has 0 aliphatic heterocycles. The van der Waals surface area contributed by atoms with Crippen LogP contribution in [0.4, 0.5) is 0 Å². The van der Waals surface area contributed by atoms with Crippen LogP contribution in [-0.2, 0) is 21.5 Å². The molecule has 0 spiro atoms. The van der Waals surface area contributed by atoms with E-state index < -0.39 is 10.3 Å². The molecule has 1 fully saturated rings. The zero-order valence-corrected chi connectivity index (χ0v) is 18.9. The summed E-state index contributed by atoms with van der Waals surface area (Å²) in [5.41, 5.74) is 3.44. The fourth-order valence-electron chi connectivity index (χ4n) is 6.32. The van der Waals surface area contributed by atoms with Crippen LogP contribution in [0.1, 0.15) is 63.5 Å². The Kier molecular flexibility index (Phi) is 5.47. The molecule has 1 aromatic carbocycles. The maximum atomic E-state index is 13.2. The number of rotatable bonds is 5. The van der Waals surface area contributed by atoms with E-state index in [2.05, 4.69) is 13.0 Å². The maximum Gasteiger partial charge on any atom is 0.380 e. The number of hydrogen-bond donors (Lipinski definition) is 1. The van der Waals surface area contributed by atoms with Crippen molar-refractivity contribution in [3.8, 4) is 5.75 Å². The molecule has 3 aliphatic rings. The van der Waals surface area contributed by atoms with Crippen LogP contribution < -0.4 is 9.32 Å². The van der Waals surface area contributed by atoms with E-state index in [1.807, 2.05) is 30.9 Å². The van der Waals surface area contributed by atoms with Gasteiger partial charge in [-0.1, -0.05) is 19.1 Å². The number of nitrogens with two attached hydrogens (primary N) is 1. The molecule has 1 amide bonds. The molecule has 6 nitrogen and oxygen atoms in total. The fourth-order valence-corrected chi connectivity index (χ4v) is 6.70. The van der Waals surface area contributed by atoms with E-state index in [-0.39, 0.29) is 17.1 Å². The third kappa shape index (κ3) is 3.56. The molecule has 0 heterocycles. The first kappa shape index (κ1) is 21.4. The Morgan fingerprint density at radius 3 is 2.67 bits per heavy atom. The average Bonchev–Trinajstić information content (AvgIpc) is 3.04. The van der Waals surface area contributed by atoms with Crippen LogP contribution in [0, 0.1) is 17.3 Å². The van der Waals surface area contributed by atoms with E-state index in [0.717, 1.165) is 56.3 Å². The molecule has 0 radical (unpaired) electrons. The smallest absolute Gasteiger partial charge is 0.371 e. The van der Waals surface area contributed by atoms with Crippen molar-refractivity contribution in [1.29, 1.82) is 0 Å². The Morgan fingerprint density at radius 1 is 1.27 bits per heavy atom. The van der Waals surface area contributed by atoms with Gasteiger partial charge in [0.15, 0.2) is 0 Å². The van der Waals surface area contributed by atoms with Crippen LogP contribution in [0.5, 0.6) is 5.75 Å². The van der Waals surface area contributed by atoms with Gasteiger partial charge < -0.3 is 9.08 Å². The Labute approximate surface area is 179 Å². The average molecular weight is 433 g/mol. The number of allylic oxidation sites excluding steroid dienone is 1. The predicted molar refractivity (Wildman–Crippen MR) is 116 cm³/mol. The van der Waals surface area contributed by atoms with E-state index in [1.165, 1.54) is 5.56 Å². The van der Waals surface area contributed by atoms with Gasteiger partial charge in [0.2, 0.25) is 5.91 Å². The number of likely N-dealkylation sites (N-methyl/N-ethyl adjacent to an activating group) is 1. The Balaban J connectivity index is 1.58. The Hall–Kier alpha value is -1.86. The summed E-state index contributed by atoms with van der Waals surface area (Å²) in [6.45, 7) is 7.87. The molecular formula is C23H32N2O4S. The highest BCUT2D eigenvalue weighted by molar-refractivity contribution is 7.84. The normalized spacial score (nSPS) is 30.0. The second-order valence-electron chi connectivity index (χ2n) is 9.14. The van der Waals surface area contributed by atoms with Gasteiger partial charge in [-0.05, 0) is 87.0 Å². The molecule has 164 valence electrons. The number of hydrogen-bond acceptors (Lipinski definition) is 4. The van der Waals surface area contributed by atoms with Gasteiger partial charge in [0.05, 0.1) is 0 Å². The lowest BCUT2D eigenvalue weighted by Crippen LogP contribution is -2.44. The fraction of sp³-hybridized carbons (Fsp3) is 0.609. The zero-order valence-electron chi connectivity index (χ0n) is 18.1. The summed E-state index contributed by atoms with van der Waals surface area (Å²) in [4.78, 5) is 15.1. The van der Waals surface area contributed by atoms with Gasteiger partial charge in [0.25, 0.3) is 0 Å². The number of carbonyl (C=O) groups is 1. The summed E-state index contributed by atoms with van der Waals surface area (Å²) >= 11 is 0. The molecule has 3 aliphatic carbocycles. The number of carbonyl (C=O) groups excluding carboxylic acids is 1. The topological polar surface area (TPSA) is 89.7 Å². The van der Waals surface area contributed by atoms with Crippen molar-refractivity contribution in [3.05, 3.63) is 41.0 Å². The highest BCUT2D eigenvalue weighted by Gasteiger charge is 2.53. The molecule has 2 N–H and O–H groups in total. The molecular weight excluding hydrogens is 400 g/mol. The van der Waals surface area contributed by atoms with E-state index >= 15 is 0 Å². The van der Waals surface area contributed by atoms with Gasteiger partial charge >= 0.3 is 10.3 Å². The van der Waals surface area contributed by atoms with Crippen LogP contribution in [0.2, 0.25) is 0 Å². The molecule has 0 unspecified atom stereocenters. The molecule has 4 rings (SSSR count). The Bertz CT molecular complexity index is 983. The van der Waals surface area contributed by atoms with Crippen molar-refractivity contribution in [2.75, 3.05) is 13.1 Å². The molecule has 1 aromatic rings. The minimum absolute atomic E-state index is 0.0466. The molecule has 1 saturated carbocycles. The van der Waals surface area contributed by atoms with Gasteiger partial charge in [-0.15, -0.1) is 0 Å². The number of fused-ring (bicyclic) bond motifs is 5.